The summed E-state index contributed by atoms with van der Waals surface area (Å²) in [7, 11) is 0. The third-order valence-electron chi connectivity index (χ3n) is 3.78. The molecule has 24 heavy (non-hydrogen) atoms. The molecule has 1 aromatic carbocycles. The first kappa shape index (κ1) is 20.4. The van der Waals surface area contributed by atoms with Gasteiger partial charge in [-0.3, -0.25) is 9.59 Å². The maximum atomic E-state index is 12.1. The first-order valence-electron chi connectivity index (χ1n) is 8.18. The molecule has 1 heterocycles. The number of hydrogen-bond donors (Lipinski definition) is 3. The molecule has 1 atom stereocenters. The largest absolute Gasteiger partial charge is 0.382 e. The standard InChI is InChI=1S/C17H25N3O3.ClH/c1-2-23-10-4-8-19-16(21)13-5-3-6-15(11-13)20-17(22)14-7-9-18-12-14;/h3,5-6,11,14,18H,2,4,7-10,12H2,1H3,(H,19,21)(H,20,22);1H. The van der Waals surface area contributed by atoms with Gasteiger partial charge < -0.3 is 20.7 Å². The van der Waals surface area contributed by atoms with Gasteiger partial charge in [0.05, 0.1) is 5.92 Å². The molecule has 1 saturated heterocycles. The van der Waals surface area contributed by atoms with Gasteiger partial charge in [-0.15, -0.1) is 12.4 Å². The van der Waals surface area contributed by atoms with Crippen LogP contribution in [0.4, 0.5) is 5.69 Å². The number of benzene rings is 1. The van der Waals surface area contributed by atoms with E-state index in [2.05, 4.69) is 16.0 Å². The van der Waals surface area contributed by atoms with Crippen LogP contribution in [0.5, 0.6) is 0 Å². The predicted octanol–water partition coefficient (Wildman–Crippen LogP) is 1.81. The molecule has 0 radical (unpaired) electrons. The number of carbonyl (C=O) groups is 2. The van der Waals surface area contributed by atoms with E-state index in [1.54, 1.807) is 24.3 Å². The van der Waals surface area contributed by atoms with Crippen molar-refractivity contribution in [3.63, 3.8) is 0 Å². The van der Waals surface area contributed by atoms with E-state index in [4.69, 9.17) is 4.74 Å². The van der Waals surface area contributed by atoms with Crippen molar-refractivity contribution in [1.82, 2.24) is 10.6 Å². The fraction of sp³-hybridized carbons (Fsp3) is 0.529. The lowest BCUT2D eigenvalue weighted by atomic mass is 10.1. The van der Waals surface area contributed by atoms with E-state index in [1.165, 1.54) is 0 Å². The lowest BCUT2D eigenvalue weighted by Gasteiger charge is -2.11. The highest BCUT2D eigenvalue weighted by Crippen LogP contribution is 2.14. The molecule has 0 aromatic heterocycles. The first-order valence-corrected chi connectivity index (χ1v) is 8.18. The van der Waals surface area contributed by atoms with Crippen LogP contribution in [0.25, 0.3) is 0 Å². The minimum atomic E-state index is -0.139. The van der Waals surface area contributed by atoms with Crippen molar-refractivity contribution in [2.45, 2.75) is 19.8 Å². The zero-order chi connectivity index (χ0) is 16.5. The van der Waals surface area contributed by atoms with Crippen LogP contribution in [-0.4, -0.2) is 44.7 Å². The van der Waals surface area contributed by atoms with Crippen molar-refractivity contribution in [3.05, 3.63) is 29.8 Å². The summed E-state index contributed by atoms with van der Waals surface area (Å²) < 4.78 is 5.23. The van der Waals surface area contributed by atoms with Gasteiger partial charge in [-0.1, -0.05) is 6.07 Å². The summed E-state index contributed by atoms with van der Waals surface area (Å²) in [4.78, 5) is 24.2. The SMILES string of the molecule is CCOCCCNC(=O)c1cccc(NC(=O)C2CCNC2)c1.Cl. The Bertz CT molecular complexity index is 534. The summed E-state index contributed by atoms with van der Waals surface area (Å²) in [6.45, 7) is 5.44. The molecule has 1 unspecified atom stereocenters. The second-order valence-electron chi connectivity index (χ2n) is 5.57. The molecule has 2 amide bonds. The van der Waals surface area contributed by atoms with Gasteiger partial charge in [0, 0.05) is 37.6 Å². The van der Waals surface area contributed by atoms with E-state index < -0.39 is 0 Å². The Balaban J connectivity index is 0.00000288. The number of halogens is 1. The van der Waals surface area contributed by atoms with Crippen molar-refractivity contribution in [2.24, 2.45) is 5.92 Å². The van der Waals surface area contributed by atoms with Gasteiger partial charge in [0.1, 0.15) is 0 Å². The number of rotatable bonds is 8. The Morgan fingerprint density at radius 2 is 2.21 bits per heavy atom. The van der Waals surface area contributed by atoms with Crippen LogP contribution >= 0.6 is 12.4 Å². The van der Waals surface area contributed by atoms with Gasteiger partial charge in [-0.2, -0.15) is 0 Å². The lowest BCUT2D eigenvalue weighted by molar-refractivity contribution is -0.119. The Morgan fingerprint density at radius 1 is 1.38 bits per heavy atom. The highest BCUT2D eigenvalue weighted by atomic mass is 35.5. The Morgan fingerprint density at radius 3 is 2.92 bits per heavy atom. The first-order chi connectivity index (χ1) is 11.2. The van der Waals surface area contributed by atoms with E-state index in [0.717, 1.165) is 19.4 Å². The average molecular weight is 356 g/mol. The van der Waals surface area contributed by atoms with Crippen LogP contribution in [0.1, 0.15) is 30.1 Å². The van der Waals surface area contributed by atoms with Gasteiger partial charge in [0.15, 0.2) is 0 Å². The third kappa shape index (κ3) is 6.47. The monoisotopic (exact) mass is 355 g/mol. The summed E-state index contributed by atoms with van der Waals surface area (Å²) in [6.07, 6.45) is 1.64. The summed E-state index contributed by atoms with van der Waals surface area (Å²) in [6, 6.07) is 7.02. The zero-order valence-electron chi connectivity index (χ0n) is 14.0. The predicted molar refractivity (Wildman–Crippen MR) is 96.7 cm³/mol. The van der Waals surface area contributed by atoms with E-state index >= 15 is 0 Å². The highest BCUT2D eigenvalue weighted by molar-refractivity contribution is 5.97. The molecule has 3 N–H and O–H groups in total. The second kappa shape index (κ2) is 11.0. The molecular formula is C17H26ClN3O3. The van der Waals surface area contributed by atoms with Crippen molar-refractivity contribution in [2.75, 3.05) is 38.2 Å². The molecule has 1 aromatic rings. The number of ether oxygens (including phenoxy) is 1. The summed E-state index contributed by atoms with van der Waals surface area (Å²) in [5.74, 6) is -0.129. The fourth-order valence-corrected chi connectivity index (χ4v) is 2.48. The molecule has 1 fully saturated rings. The number of carbonyl (C=O) groups excluding carboxylic acids is 2. The van der Waals surface area contributed by atoms with Crippen molar-refractivity contribution < 1.29 is 14.3 Å². The van der Waals surface area contributed by atoms with Gasteiger partial charge in [-0.05, 0) is 44.5 Å². The van der Waals surface area contributed by atoms with E-state index in [-0.39, 0.29) is 30.1 Å². The Kier molecular flexibility index (Phi) is 9.37. The van der Waals surface area contributed by atoms with Crippen molar-refractivity contribution >= 4 is 29.9 Å². The van der Waals surface area contributed by atoms with E-state index in [0.29, 0.717) is 37.6 Å². The Hall–Kier alpha value is -1.63. The minimum Gasteiger partial charge on any atom is -0.382 e. The van der Waals surface area contributed by atoms with Crippen LogP contribution in [0.3, 0.4) is 0 Å². The van der Waals surface area contributed by atoms with E-state index in [9.17, 15) is 9.59 Å². The normalized spacial score (nSPS) is 16.3. The van der Waals surface area contributed by atoms with Crippen LogP contribution in [0.15, 0.2) is 24.3 Å². The zero-order valence-corrected chi connectivity index (χ0v) is 14.8. The smallest absolute Gasteiger partial charge is 0.251 e. The molecule has 6 nitrogen and oxygen atoms in total. The summed E-state index contributed by atoms with van der Waals surface area (Å²) >= 11 is 0. The van der Waals surface area contributed by atoms with Crippen molar-refractivity contribution in [1.29, 1.82) is 0 Å². The molecule has 0 aliphatic carbocycles. The van der Waals surface area contributed by atoms with Crippen LogP contribution in [0.2, 0.25) is 0 Å². The topological polar surface area (TPSA) is 79.5 Å². The second-order valence-corrected chi connectivity index (χ2v) is 5.57. The number of hydrogen-bond acceptors (Lipinski definition) is 4. The molecule has 1 aliphatic rings. The number of anilines is 1. The minimum absolute atomic E-state index is 0. The van der Waals surface area contributed by atoms with Crippen LogP contribution in [0, 0.1) is 5.92 Å². The summed E-state index contributed by atoms with van der Waals surface area (Å²) in [5, 5.41) is 8.91. The van der Waals surface area contributed by atoms with Gasteiger partial charge in [-0.25, -0.2) is 0 Å². The third-order valence-corrected chi connectivity index (χ3v) is 3.78. The number of amides is 2. The maximum Gasteiger partial charge on any atom is 0.251 e. The molecule has 0 spiro atoms. The highest BCUT2D eigenvalue weighted by Gasteiger charge is 2.22. The van der Waals surface area contributed by atoms with Gasteiger partial charge in [0.25, 0.3) is 5.91 Å². The van der Waals surface area contributed by atoms with E-state index in [1.807, 2.05) is 6.92 Å². The fourth-order valence-electron chi connectivity index (χ4n) is 2.48. The van der Waals surface area contributed by atoms with Gasteiger partial charge >= 0.3 is 0 Å². The van der Waals surface area contributed by atoms with Crippen LogP contribution < -0.4 is 16.0 Å². The lowest BCUT2D eigenvalue weighted by Crippen LogP contribution is -2.26. The molecule has 0 bridgehead atoms. The average Bonchev–Trinajstić information content (AvgIpc) is 3.09. The molecule has 0 saturated carbocycles. The summed E-state index contributed by atoms with van der Waals surface area (Å²) in [5.41, 5.74) is 1.20. The van der Waals surface area contributed by atoms with Crippen molar-refractivity contribution in [3.8, 4) is 0 Å². The molecule has 134 valence electrons. The maximum absolute atomic E-state index is 12.1. The Labute approximate surface area is 149 Å². The quantitative estimate of drug-likeness (QED) is 0.621. The molecular weight excluding hydrogens is 330 g/mol. The van der Waals surface area contributed by atoms with Crippen LogP contribution in [-0.2, 0) is 9.53 Å². The molecule has 1 aliphatic heterocycles. The molecule has 7 heteroatoms. The van der Waals surface area contributed by atoms with Gasteiger partial charge in [0.2, 0.25) is 5.91 Å². The number of nitrogens with one attached hydrogen (secondary N) is 3. The molecule has 2 rings (SSSR count).